The second-order valence-electron chi connectivity index (χ2n) is 4.68. The van der Waals surface area contributed by atoms with Crippen molar-refractivity contribution >= 4 is 0 Å². The first kappa shape index (κ1) is 11.4. The lowest BCUT2D eigenvalue weighted by Crippen LogP contribution is -2.17. The highest BCUT2D eigenvalue weighted by molar-refractivity contribution is 5.22. The van der Waals surface area contributed by atoms with Crippen molar-refractivity contribution < 1.29 is 13.9 Å². The maximum atomic E-state index is 13.1. The normalized spacial score (nSPS) is 18.7. The fourth-order valence-electron chi connectivity index (χ4n) is 2.31. The predicted octanol–water partition coefficient (Wildman–Crippen LogP) is 2.25. The molecule has 1 aliphatic carbocycles. The maximum absolute atomic E-state index is 13.1. The third-order valence-electron chi connectivity index (χ3n) is 3.20. The molecule has 0 saturated heterocycles. The van der Waals surface area contributed by atoms with Gasteiger partial charge in [-0.25, -0.2) is 9.37 Å². The van der Waals surface area contributed by atoms with Gasteiger partial charge < -0.3 is 9.52 Å². The Hall–Kier alpha value is -1.68. The summed E-state index contributed by atoms with van der Waals surface area (Å²) >= 11 is 0. The SMILES string of the molecule is OC1CCc2nc(Cc3cccc(F)c3)oc2C1. The molecule has 1 N–H and O–H groups in total. The zero-order chi connectivity index (χ0) is 12.5. The number of hydrogen-bond donors (Lipinski definition) is 1. The molecule has 1 heterocycles. The van der Waals surface area contributed by atoms with Crippen molar-refractivity contribution in [3.63, 3.8) is 0 Å². The lowest BCUT2D eigenvalue weighted by Gasteiger charge is -2.13. The molecule has 0 amide bonds. The first-order valence-electron chi connectivity index (χ1n) is 6.10. The van der Waals surface area contributed by atoms with Crippen LogP contribution >= 0.6 is 0 Å². The van der Waals surface area contributed by atoms with E-state index in [0.29, 0.717) is 18.7 Å². The zero-order valence-electron chi connectivity index (χ0n) is 9.90. The van der Waals surface area contributed by atoms with Gasteiger partial charge in [0.05, 0.1) is 11.8 Å². The minimum Gasteiger partial charge on any atom is -0.445 e. The fraction of sp³-hybridized carbons (Fsp3) is 0.357. The Labute approximate surface area is 104 Å². The van der Waals surface area contributed by atoms with Gasteiger partial charge in [-0.15, -0.1) is 0 Å². The summed E-state index contributed by atoms with van der Waals surface area (Å²) in [7, 11) is 0. The van der Waals surface area contributed by atoms with E-state index < -0.39 is 0 Å². The van der Waals surface area contributed by atoms with Crippen LogP contribution in [0.25, 0.3) is 0 Å². The molecule has 1 aromatic heterocycles. The van der Waals surface area contributed by atoms with Crippen molar-refractivity contribution in [3.05, 3.63) is 53.0 Å². The summed E-state index contributed by atoms with van der Waals surface area (Å²) in [6.07, 6.45) is 2.18. The summed E-state index contributed by atoms with van der Waals surface area (Å²) in [5.41, 5.74) is 1.78. The van der Waals surface area contributed by atoms with E-state index in [9.17, 15) is 9.50 Å². The minimum absolute atomic E-state index is 0.251. The summed E-state index contributed by atoms with van der Waals surface area (Å²) < 4.78 is 18.7. The quantitative estimate of drug-likeness (QED) is 0.885. The number of aryl methyl sites for hydroxylation is 1. The van der Waals surface area contributed by atoms with Crippen molar-refractivity contribution in [1.82, 2.24) is 4.98 Å². The van der Waals surface area contributed by atoms with E-state index in [2.05, 4.69) is 4.98 Å². The Balaban J connectivity index is 1.82. The molecule has 3 rings (SSSR count). The molecule has 4 heteroatoms. The Morgan fingerprint density at radius 3 is 3.17 bits per heavy atom. The molecule has 18 heavy (non-hydrogen) atoms. The average molecular weight is 247 g/mol. The first-order valence-corrected chi connectivity index (χ1v) is 6.10. The Kier molecular flexibility index (Phi) is 2.88. The third-order valence-corrected chi connectivity index (χ3v) is 3.20. The van der Waals surface area contributed by atoms with Crippen LogP contribution in [0.2, 0.25) is 0 Å². The van der Waals surface area contributed by atoms with E-state index >= 15 is 0 Å². The van der Waals surface area contributed by atoms with Crippen LogP contribution in [-0.2, 0) is 19.3 Å². The number of rotatable bonds is 2. The number of hydrogen-bond acceptors (Lipinski definition) is 3. The number of aliphatic hydroxyl groups is 1. The number of halogens is 1. The van der Waals surface area contributed by atoms with Crippen LogP contribution in [0.4, 0.5) is 4.39 Å². The summed E-state index contributed by atoms with van der Waals surface area (Å²) in [6, 6.07) is 6.43. The largest absolute Gasteiger partial charge is 0.445 e. The molecule has 0 spiro atoms. The van der Waals surface area contributed by atoms with Crippen molar-refractivity contribution in [2.45, 2.75) is 31.8 Å². The van der Waals surface area contributed by atoms with Gasteiger partial charge in [-0.2, -0.15) is 0 Å². The average Bonchev–Trinajstić information content (AvgIpc) is 2.70. The summed E-state index contributed by atoms with van der Waals surface area (Å²) in [6.45, 7) is 0. The molecule has 0 radical (unpaired) electrons. The first-order chi connectivity index (χ1) is 8.70. The molecule has 0 aliphatic heterocycles. The van der Waals surface area contributed by atoms with Crippen LogP contribution in [0.1, 0.15) is 29.3 Å². The Morgan fingerprint density at radius 1 is 1.44 bits per heavy atom. The summed E-state index contributed by atoms with van der Waals surface area (Å²) in [5, 5.41) is 9.55. The van der Waals surface area contributed by atoms with Crippen molar-refractivity contribution in [2.75, 3.05) is 0 Å². The molecule has 0 saturated carbocycles. The predicted molar refractivity (Wildman–Crippen MR) is 63.7 cm³/mol. The van der Waals surface area contributed by atoms with Crippen molar-refractivity contribution in [3.8, 4) is 0 Å². The smallest absolute Gasteiger partial charge is 0.199 e. The highest BCUT2D eigenvalue weighted by Gasteiger charge is 2.22. The number of fused-ring (bicyclic) bond motifs is 1. The molecule has 0 bridgehead atoms. The standard InChI is InChI=1S/C14H14FNO2/c15-10-3-1-2-9(6-10)7-14-16-12-5-4-11(17)8-13(12)18-14/h1-3,6,11,17H,4-5,7-8H2. The molecule has 2 aromatic rings. The van der Waals surface area contributed by atoms with E-state index in [1.807, 2.05) is 6.07 Å². The number of benzene rings is 1. The van der Waals surface area contributed by atoms with Crippen LogP contribution in [0, 0.1) is 5.82 Å². The van der Waals surface area contributed by atoms with Gasteiger partial charge >= 0.3 is 0 Å². The zero-order valence-corrected chi connectivity index (χ0v) is 9.90. The molecule has 1 unspecified atom stereocenters. The van der Waals surface area contributed by atoms with Gasteiger partial charge in [0.15, 0.2) is 5.89 Å². The second kappa shape index (κ2) is 4.53. The molecule has 94 valence electrons. The van der Waals surface area contributed by atoms with Gasteiger partial charge in [-0.05, 0) is 30.5 Å². The van der Waals surface area contributed by atoms with Crippen LogP contribution < -0.4 is 0 Å². The molecule has 1 aromatic carbocycles. The molecule has 1 atom stereocenters. The number of aromatic nitrogens is 1. The van der Waals surface area contributed by atoms with Crippen molar-refractivity contribution in [2.24, 2.45) is 0 Å². The summed E-state index contributed by atoms with van der Waals surface area (Å²) in [4.78, 5) is 4.41. The Bertz CT molecular complexity index is 565. The lowest BCUT2D eigenvalue weighted by atomic mass is 9.99. The van der Waals surface area contributed by atoms with Gasteiger partial charge in [0, 0.05) is 12.8 Å². The molecule has 3 nitrogen and oxygen atoms in total. The molecular weight excluding hydrogens is 233 g/mol. The Morgan fingerprint density at radius 2 is 2.33 bits per heavy atom. The van der Waals surface area contributed by atoms with E-state index in [-0.39, 0.29) is 11.9 Å². The topological polar surface area (TPSA) is 46.3 Å². The van der Waals surface area contributed by atoms with Crippen molar-refractivity contribution in [1.29, 1.82) is 0 Å². The molecule has 1 aliphatic rings. The molecule has 0 fully saturated rings. The monoisotopic (exact) mass is 247 g/mol. The van der Waals surface area contributed by atoms with Crippen LogP contribution in [0.5, 0.6) is 0 Å². The minimum atomic E-state index is -0.326. The lowest BCUT2D eigenvalue weighted by molar-refractivity contribution is 0.149. The van der Waals surface area contributed by atoms with E-state index in [1.165, 1.54) is 12.1 Å². The van der Waals surface area contributed by atoms with Gasteiger partial charge in [0.1, 0.15) is 11.6 Å². The van der Waals surface area contributed by atoms with E-state index in [4.69, 9.17) is 4.42 Å². The van der Waals surface area contributed by atoms with Gasteiger partial charge in [-0.3, -0.25) is 0 Å². The van der Waals surface area contributed by atoms with Gasteiger partial charge in [0.25, 0.3) is 0 Å². The van der Waals surface area contributed by atoms with Crippen LogP contribution in [0.3, 0.4) is 0 Å². The maximum Gasteiger partial charge on any atom is 0.199 e. The molecular formula is C14H14FNO2. The fourth-order valence-corrected chi connectivity index (χ4v) is 2.31. The summed E-state index contributed by atoms with van der Waals surface area (Å²) in [5.74, 6) is 1.12. The second-order valence-corrected chi connectivity index (χ2v) is 4.68. The van der Waals surface area contributed by atoms with E-state index in [0.717, 1.165) is 29.9 Å². The number of aliphatic hydroxyl groups excluding tert-OH is 1. The van der Waals surface area contributed by atoms with Gasteiger partial charge in [-0.1, -0.05) is 12.1 Å². The third kappa shape index (κ3) is 2.29. The highest BCUT2D eigenvalue weighted by Crippen LogP contribution is 2.23. The number of nitrogens with zero attached hydrogens (tertiary/aromatic N) is 1. The van der Waals surface area contributed by atoms with Crippen LogP contribution in [-0.4, -0.2) is 16.2 Å². The highest BCUT2D eigenvalue weighted by atomic mass is 19.1. The van der Waals surface area contributed by atoms with Gasteiger partial charge in [0.2, 0.25) is 0 Å². The van der Waals surface area contributed by atoms with Crippen LogP contribution in [0.15, 0.2) is 28.7 Å². The van der Waals surface area contributed by atoms with E-state index in [1.54, 1.807) is 6.07 Å². The number of oxazole rings is 1.